The van der Waals surface area contributed by atoms with E-state index >= 15 is 0 Å². The second-order valence-corrected chi connectivity index (χ2v) is 7.97. The fraction of sp³-hybridized carbons (Fsp3) is 0.667. The van der Waals surface area contributed by atoms with Gasteiger partial charge in [-0.15, -0.1) is 0 Å². The fourth-order valence-corrected chi connectivity index (χ4v) is 2.21. The van der Waals surface area contributed by atoms with Crippen molar-refractivity contribution in [3.63, 3.8) is 0 Å². The lowest BCUT2D eigenvalue weighted by Gasteiger charge is -2.21. The zero-order valence-corrected chi connectivity index (χ0v) is 16.9. The van der Waals surface area contributed by atoms with Crippen LogP contribution >= 0.6 is 15.9 Å². The third-order valence-corrected chi connectivity index (χ3v) is 3.02. The SMILES string of the molecule is CC(C)(C)OC(=O)Nc1c(Br)nn(CCO)c1NC(=O)OC(C)(C)C. The summed E-state index contributed by atoms with van der Waals surface area (Å²) in [5, 5.41) is 18.4. The number of aliphatic hydroxyl groups is 1. The van der Waals surface area contributed by atoms with Crippen LogP contribution in [0.15, 0.2) is 4.60 Å². The Labute approximate surface area is 155 Å². The van der Waals surface area contributed by atoms with Crippen molar-refractivity contribution in [2.45, 2.75) is 59.3 Å². The molecule has 25 heavy (non-hydrogen) atoms. The van der Waals surface area contributed by atoms with E-state index in [0.717, 1.165) is 0 Å². The second-order valence-electron chi connectivity index (χ2n) is 7.21. The summed E-state index contributed by atoms with van der Waals surface area (Å²) in [6.45, 7) is 10.3. The number of halogens is 1. The van der Waals surface area contributed by atoms with Crippen molar-refractivity contribution < 1.29 is 24.2 Å². The Morgan fingerprint density at radius 2 is 1.56 bits per heavy atom. The minimum atomic E-state index is -0.716. The Balaban J connectivity index is 3.07. The van der Waals surface area contributed by atoms with Crippen LogP contribution in [0.4, 0.5) is 21.1 Å². The molecule has 0 fully saturated rings. The molecule has 0 saturated heterocycles. The molecule has 1 aromatic rings. The lowest BCUT2D eigenvalue weighted by molar-refractivity contribution is 0.0619. The van der Waals surface area contributed by atoms with Crippen molar-refractivity contribution in [1.82, 2.24) is 9.78 Å². The van der Waals surface area contributed by atoms with Gasteiger partial charge in [-0.2, -0.15) is 5.10 Å². The van der Waals surface area contributed by atoms with Gasteiger partial charge < -0.3 is 14.6 Å². The van der Waals surface area contributed by atoms with Gasteiger partial charge in [0.25, 0.3) is 0 Å². The van der Waals surface area contributed by atoms with Crippen molar-refractivity contribution in [3.05, 3.63) is 4.60 Å². The first-order valence-corrected chi connectivity index (χ1v) is 8.49. The summed E-state index contributed by atoms with van der Waals surface area (Å²) in [5.41, 5.74) is -1.17. The number of nitrogens with one attached hydrogen (secondary N) is 2. The van der Waals surface area contributed by atoms with Gasteiger partial charge in [-0.05, 0) is 57.5 Å². The average molecular weight is 421 g/mol. The van der Waals surface area contributed by atoms with Crippen molar-refractivity contribution in [2.75, 3.05) is 17.2 Å². The zero-order chi connectivity index (χ0) is 19.4. The second kappa shape index (κ2) is 8.05. The van der Waals surface area contributed by atoms with E-state index in [0.29, 0.717) is 0 Å². The molecule has 0 atom stereocenters. The van der Waals surface area contributed by atoms with Gasteiger partial charge in [-0.3, -0.25) is 10.6 Å². The van der Waals surface area contributed by atoms with E-state index in [2.05, 4.69) is 31.7 Å². The van der Waals surface area contributed by atoms with E-state index in [1.807, 2.05) is 0 Å². The van der Waals surface area contributed by atoms with Crippen LogP contribution in [-0.4, -0.2) is 44.9 Å². The maximum Gasteiger partial charge on any atom is 0.413 e. The smallest absolute Gasteiger partial charge is 0.413 e. The number of ether oxygens (including phenoxy) is 2. The summed E-state index contributed by atoms with van der Waals surface area (Å²) in [4.78, 5) is 24.1. The highest BCUT2D eigenvalue weighted by Crippen LogP contribution is 2.31. The molecule has 0 aliphatic rings. The van der Waals surface area contributed by atoms with E-state index in [4.69, 9.17) is 14.6 Å². The molecule has 9 nitrogen and oxygen atoms in total. The van der Waals surface area contributed by atoms with Crippen molar-refractivity contribution >= 4 is 39.6 Å². The van der Waals surface area contributed by atoms with Gasteiger partial charge in [0.2, 0.25) is 0 Å². The van der Waals surface area contributed by atoms with Crippen LogP contribution in [-0.2, 0) is 16.0 Å². The normalized spacial score (nSPS) is 11.8. The van der Waals surface area contributed by atoms with Crippen molar-refractivity contribution in [2.24, 2.45) is 0 Å². The number of rotatable bonds is 4. The molecular weight excluding hydrogens is 396 g/mol. The van der Waals surface area contributed by atoms with Crippen LogP contribution in [0, 0.1) is 0 Å². The fourth-order valence-electron chi connectivity index (χ4n) is 1.73. The molecule has 1 heterocycles. The van der Waals surface area contributed by atoms with Gasteiger partial charge in [-0.25, -0.2) is 14.3 Å². The lowest BCUT2D eigenvalue weighted by atomic mass is 10.2. The Morgan fingerprint density at radius 1 is 1.08 bits per heavy atom. The monoisotopic (exact) mass is 420 g/mol. The predicted octanol–water partition coefficient (Wildman–Crippen LogP) is 3.33. The topological polar surface area (TPSA) is 115 Å². The maximum absolute atomic E-state index is 12.1. The highest BCUT2D eigenvalue weighted by atomic mass is 79.9. The summed E-state index contributed by atoms with van der Waals surface area (Å²) in [7, 11) is 0. The van der Waals surface area contributed by atoms with E-state index in [1.165, 1.54) is 4.68 Å². The Bertz CT molecular complexity index is 631. The average Bonchev–Trinajstić information content (AvgIpc) is 2.63. The number of hydrogen-bond donors (Lipinski definition) is 3. The summed E-state index contributed by atoms with van der Waals surface area (Å²) < 4.78 is 12.0. The molecule has 142 valence electrons. The number of nitrogens with zero attached hydrogens (tertiary/aromatic N) is 2. The van der Waals surface area contributed by atoms with Gasteiger partial charge in [0.1, 0.15) is 16.9 Å². The Hall–Kier alpha value is -1.81. The lowest BCUT2D eigenvalue weighted by Crippen LogP contribution is -2.29. The number of carbonyl (C=O) groups is 2. The maximum atomic E-state index is 12.1. The summed E-state index contributed by atoms with van der Waals surface area (Å²) in [5.74, 6) is 0.168. The van der Waals surface area contributed by atoms with Crippen LogP contribution in [0.2, 0.25) is 0 Å². The molecule has 0 saturated carbocycles. The van der Waals surface area contributed by atoms with E-state index in [-0.39, 0.29) is 29.3 Å². The molecular formula is C15H25BrN4O5. The molecule has 1 aromatic heterocycles. The summed E-state index contributed by atoms with van der Waals surface area (Å²) in [6, 6.07) is 0. The van der Waals surface area contributed by atoms with Gasteiger partial charge in [-0.1, -0.05) is 0 Å². The quantitative estimate of drug-likeness (QED) is 0.687. The molecule has 0 aromatic carbocycles. The number of aliphatic hydroxyl groups excluding tert-OH is 1. The standard InChI is InChI=1S/C15H25BrN4O5/c1-14(2,3)24-12(22)17-9-10(16)19-20(7-8-21)11(9)18-13(23)25-15(4,5)6/h21H,7-8H2,1-6H3,(H,17,22)(H,18,23). The molecule has 0 aliphatic carbocycles. The van der Waals surface area contributed by atoms with E-state index in [9.17, 15) is 9.59 Å². The van der Waals surface area contributed by atoms with Crippen LogP contribution in [0.1, 0.15) is 41.5 Å². The summed E-state index contributed by atoms with van der Waals surface area (Å²) >= 11 is 3.22. The summed E-state index contributed by atoms with van der Waals surface area (Å²) in [6.07, 6.45) is -1.42. The van der Waals surface area contributed by atoms with Crippen LogP contribution in [0.5, 0.6) is 0 Å². The van der Waals surface area contributed by atoms with E-state index in [1.54, 1.807) is 41.5 Å². The zero-order valence-electron chi connectivity index (χ0n) is 15.3. The number of anilines is 2. The number of carbonyl (C=O) groups excluding carboxylic acids is 2. The van der Waals surface area contributed by atoms with Crippen molar-refractivity contribution in [3.8, 4) is 0 Å². The van der Waals surface area contributed by atoms with Gasteiger partial charge in [0, 0.05) is 0 Å². The Kier molecular flexibility index (Phi) is 6.83. The highest BCUT2D eigenvalue weighted by Gasteiger charge is 2.25. The highest BCUT2D eigenvalue weighted by molar-refractivity contribution is 9.10. The first-order chi connectivity index (χ1) is 11.3. The molecule has 0 unspecified atom stereocenters. The van der Waals surface area contributed by atoms with Gasteiger partial charge in [0.15, 0.2) is 10.4 Å². The number of hydrogen-bond acceptors (Lipinski definition) is 6. The molecule has 10 heteroatoms. The van der Waals surface area contributed by atoms with Crippen LogP contribution in [0.3, 0.4) is 0 Å². The molecule has 0 aliphatic heterocycles. The first-order valence-electron chi connectivity index (χ1n) is 7.69. The third-order valence-electron chi connectivity index (χ3n) is 2.47. The minimum absolute atomic E-state index is 0.111. The molecule has 0 bridgehead atoms. The number of aromatic nitrogens is 2. The van der Waals surface area contributed by atoms with Crippen LogP contribution in [0.25, 0.3) is 0 Å². The first kappa shape index (κ1) is 21.2. The molecule has 0 radical (unpaired) electrons. The van der Waals surface area contributed by atoms with Gasteiger partial charge >= 0.3 is 12.2 Å². The molecule has 1 rings (SSSR count). The molecule has 2 amide bonds. The number of amides is 2. The predicted molar refractivity (Wildman–Crippen MR) is 96.7 cm³/mol. The van der Waals surface area contributed by atoms with Crippen LogP contribution < -0.4 is 10.6 Å². The van der Waals surface area contributed by atoms with Gasteiger partial charge in [0.05, 0.1) is 13.2 Å². The van der Waals surface area contributed by atoms with Crippen molar-refractivity contribution in [1.29, 1.82) is 0 Å². The van der Waals surface area contributed by atoms with E-state index < -0.39 is 23.4 Å². The minimum Gasteiger partial charge on any atom is -0.444 e. The molecule has 3 N–H and O–H groups in total. The molecule has 0 spiro atoms. The largest absolute Gasteiger partial charge is 0.444 e. The Morgan fingerprint density at radius 3 is 2.00 bits per heavy atom. The third kappa shape index (κ3) is 7.30.